The van der Waals surface area contributed by atoms with E-state index in [4.69, 9.17) is 9.47 Å². The van der Waals surface area contributed by atoms with E-state index in [0.717, 1.165) is 37.1 Å². The number of carbonyl (C=O) groups is 1. The lowest BCUT2D eigenvalue weighted by Crippen LogP contribution is -2.46. The van der Waals surface area contributed by atoms with Gasteiger partial charge in [0, 0.05) is 36.8 Å². The third kappa shape index (κ3) is 5.62. The van der Waals surface area contributed by atoms with Crippen LogP contribution in [0.3, 0.4) is 0 Å². The van der Waals surface area contributed by atoms with Gasteiger partial charge >= 0.3 is 0 Å². The number of hydrogen-bond donors (Lipinski definition) is 2. The summed E-state index contributed by atoms with van der Waals surface area (Å²) in [5.74, 6) is -0.627. The Morgan fingerprint density at radius 3 is 2.41 bits per heavy atom. The number of rotatable bonds is 6. The minimum atomic E-state index is -2.32. The maximum absolute atomic E-state index is 12.8. The van der Waals surface area contributed by atoms with Crippen LogP contribution in [-0.2, 0) is 11.2 Å². The summed E-state index contributed by atoms with van der Waals surface area (Å²) in [5.41, 5.74) is 2.15. The van der Waals surface area contributed by atoms with Gasteiger partial charge in [-0.05, 0) is 42.0 Å². The van der Waals surface area contributed by atoms with Crippen LogP contribution in [0.4, 0.5) is 0 Å². The van der Waals surface area contributed by atoms with Gasteiger partial charge in [0.2, 0.25) is 7.85 Å². The van der Waals surface area contributed by atoms with Crippen LogP contribution in [0.2, 0.25) is 0 Å². The predicted octanol–water partition coefficient (Wildman–Crippen LogP) is -2.28. The summed E-state index contributed by atoms with van der Waals surface area (Å²) in [7, 11) is 6.97. The summed E-state index contributed by atoms with van der Waals surface area (Å²) >= 11 is 0. The van der Waals surface area contributed by atoms with Crippen LogP contribution >= 0.6 is 0 Å². The van der Waals surface area contributed by atoms with Gasteiger partial charge in [0.15, 0.2) is 11.5 Å². The van der Waals surface area contributed by atoms with Gasteiger partial charge in [0.1, 0.15) is 29.3 Å². The number of carbonyl (C=O) groups excluding carboxylic acids is 1. The average molecular weight is 397 g/mol. The third-order valence-electron chi connectivity index (χ3n) is 5.45. The van der Waals surface area contributed by atoms with Gasteiger partial charge in [-0.15, -0.1) is 0 Å². The summed E-state index contributed by atoms with van der Waals surface area (Å²) < 4.78 is 11.4. The largest absolute Gasteiger partial charge is 0.510 e. The van der Waals surface area contributed by atoms with Crippen molar-refractivity contribution in [3.05, 3.63) is 23.3 Å². The molecule has 6 nitrogen and oxygen atoms in total. The van der Waals surface area contributed by atoms with E-state index in [1.165, 1.54) is 7.85 Å². The SMILES string of the molecule is BC(B)(B)Oc1cc2c(cc1OC(B)(O)O)C1CC(=O)C(CC(C)C)CN1CC2. The molecule has 2 N–H and O–H groups in total. The second kappa shape index (κ2) is 8.05. The molecule has 3 rings (SSSR count). The second-order valence-corrected chi connectivity index (χ2v) is 10.0. The number of Topliss-reactive ketones (excluding diaryl/α,β-unsaturated/α-hetero) is 1. The highest BCUT2D eigenvalue weighted by molar-refractivity contribution is 6.58. The smallest absolute Gasteiger partial charge is 0.266 e. The van der Waals surface area contributed by atoms with Gasteiger partial charge in [-0.1, -0.05) is 13.8 Å². The van der Waals surface area contributed by atoms with Crippen molar-refractivity contribution in [2.45, 2.75) is 50.3 Å². The molecule has 10 heteroatoms. The van der Waals surface area contributed by atoms with Gasteiger partial charge < -0.3 is 19.7 Å². The quantitative estimate of drug-likeness (QED) is 0.417. The Morgan fingerprint density at radius 1 is 1.17 bits per heavy atom. The lowest BCUT2D eigenvalue weighted by Gasteiger charge is -2.43. The van der Waals surface area contributed by atoms with Crippen LogP contribution in [0.5, 0.6) is 11.5 Å². The lowest BCUT2D eigenvalue weighted by molar-refractivity contribution is -0.224. The Hall–Kier alpha value is -1.37. The Morgan fingerprint density at radius 2 is 1.83 bits per heavy atom. The Balaban J connectivity index is 1.95. The average Bonchev–Trinajstić information content (AvgIpc) is 2.53. The van der Waals surface area contributed by atoms with E-state index in [2.05, 4.69) is 18.7 Å². The fourth-order valence-electron chi connectivity index (χ4n) is 4.43. The fraction of sp³-hybridized carbons (Fsp3) is 0.632. The first kappa shape index (κ1) is 22.3. The highest BCUT2D eigenvalue weighted by Gasteiger charge is 2.39. The van der Waals surface area contributed by atoms with Crippen LogP contribution < -0.4 is 9.47 Å². The molecule has 2 aliphatic heterocycles. The molecule has 1 fully saturated rings. The van der Waals surface area contributed by atoms with Crippen LogP contribution in [0.1, 0.15) is 43.9 Å². The minimum absolute atomic E-state index is 0.00402. The topological polar surface area (TPSA) is 79.2 Å². The summed E-state index contributed by atoms with van der Waals surface area (Å²) in [6.45, 7) is 6.01. The van der Waals surface area contributed by atoms with E-state index in [9.17, 15) is 15.0 Å². The molecule has 2 unspecified atom stereocenters. The third-order valence-corrected chi connectivity index (χ3v) is 5.45. The van der Waals surface area contributed by atoms with Gasteiger partial charge in [-0.3, -0.25) is 9.69 Å². The van der Waals surface area contributed by atoms with Crippen molar-refractivity contribution in [3.8, 4) is 11.5 Å². The molecule has 2 atom stereocenters. The molecule has 29 heavy (non-hydrogen) atoms. The number of benzene rings is 1. The molecule has 0 spiro atoms. The molecule has 0 aromatic heterocycles. The number of ether oxygens (including phenoxy) is 2. The predicted molar refractivity (Wildman–Crippen MR) is 122 cm³/mol. The number of ketones is 1. The van der Waals surface area contributed by atoms with Crippen LogP contribution in [0.25, 0.3) is 0 Å². The standard InChI is InChI=1S/C19H31B4NO5/c1-10(2)5-12-9-24-4-3-11-6-16(28-18(20,21)22)17(29-19(23,26)27)7-13(11)14(24)8-15(12)25/h6-7,10,12,14,26-27H,3-5,8-9,20-23H2,1-2H3. The molecular formula is C19H31B4NO5. The molecule has 0 aliphatic carbocycles. The zero-order valence-corrected chi connectivity index (χ0v) is 18.5. The van der Waals surface area contributed by atoms with Crippen molar-refractivity contribution in [1.29, 1.82) is 0 Å². The van der Waals surface area contributed by atoms with Crippen LogP contribution in [0.15, 0.2) is 12.1 Å². The number of nitrogens with zero attached hydrogens (tertiary/aromatic N) is 1. The molecule has 154 valence electrons. The maximum Gasteiger partial charge on any atom is 0.266 e. The van der Waals surface area contributed by atoms with E-state index < -0.39 is 11.2 Å². The number of aliphatic hydroxyl groups is 2. The highest BCUT2D eigenvalue weighted by atomic mass is 16.8. The molecule has 1 aromatic rings. The van der Waals surface area contributed by atoms with E-state index in [0.29, 0.717) is 23.9 Å². The summed E-state index contributed by atoms with van der Waals surface area (Å²) in [5, 5.41) is 19.1. The summed E-state index contributed by atoms with van der Waals surface area (Å²) in [6, 6.07) is 3.77. The van der Waals surface area contributed by atoms with E-state index >= 15 is 0 Å². The molecule has 0 saturated carbocycles. The molecule has 2 heterocycles. The van der Waals surface area contributed by atoms with Crippen molar-refractivity contribution in [2.24, 2.45) is 11.8 Å². The zero-order valence-electron chi connectivity index (χ0n) is 18.5. The number of fused-ring (bicyclic) bond motifs is 3. The monoisotopic (exact) mass is 397 g/mol. The minimum Gasteiger partial charge on any atom is -0.510 e. The van der Waals surface area contributed by atoms with Gasteiger partial charge in [-0.2, -0.15) is 0 Å². The van der Waals surface area contributed by atoms with Crippen molar-refractivity contribution >= 4 is 37.2 Å². The van der Waals surface area contributed by atoms with E-state index in [1.54, 1.807) is 0 Å². The van der Waals surface area contributed by atoms with Crippen LogP contribution in [0, 0.1) is 11.8 Å². The van der Waals surface area contributed by atoms with Gasteiger partial charge in [-0.25, -0.2) is 0 Å². The first-order valence-corrected chi connectivity index (χ1v) is 10.6. The lowest BCUT2D eigenvalue weighted by atomic mass is 9.52. The normalized spacial score (nSPS) is 22.9. The summed E-state index contributed by atoms with van der Waals surface area (Å²) in [4.78, 5) is 15.2. The summed E-state index contributed by atoms with van der Waals surface area (Å²) in [6.07, 6.45) is 2.28. The molecular weight excluding hydrogens is 365 g/mol. The number of hydrogen-bond acceptors (Lipinski definition) is 6. The molecule has 2 aliphatic rings. The van der Waals surface area contributed by atoms with Gasteiger partial charge in [0.05, 0.1) is 0 Å². The molecule has 1 saturated heterocycles. The zero-order chi connectivity index (χ0) is 21.6. The highest BCUT2D eigenvalue weighted by Crippen LogP contribution is 2.43. The Labute approximate surface area is 177 Å². The first-order chi connectivity index (χ1) is 13.3. The Bertz CT molecular complexity index is 775. The van der Waals surface area contributed by atoms with Crippen molar-refractivity contribution in [3.63, 3.8) is 0 Å². The Kier molecular flexibility index (Phi) is 6.19. The fourth-order valence-corrected chi connectivity index (χ4v) is 4.43. The van der Waals surface area contributed by atoms with Crippen molar-refractivity contribution in [1.82, 2.24) is 4.90 Å². The van der Waals surface area contributed by atoms with Gasteiger partial charge in [0.25, 0.3) is 5.87 Å². The van der Waals surface area contributed by atoms with Crippen molar-refractivity contribution in [2.75, 3.05) is 13.1 Å². The van der Waals surface area contributed by atoms with E-state index in [1.807, 2.05) is 35.7 Å². The molecule has 1 aromatic carbocycles. The second-order valence-electron chi connectivity index (χ2n) is 10.0. The van der Waals surface area contributed by atoms with Crippen LogP contribution in [-0.4, -0.2) is 76.5 Å². The number of piperidine rings is 1. The maximum atomic E-state index is 12.8. The van der Waals surface area contributed by atoms with Crippen molar-refractivity contribution < 1.29 is 24.5 Å². The van der Waals surface area contributed by atoms with E-state index in [-0.39, 0.29) is 17.7 Å². The molecule has 0 bridgehead atoms. The first-order valence-electron chi connectivity index (χ1n) is 10.6. The molecule has 0 radical (unpaired) electrons. The molecule has 0 amide bonds.